The minimum atomic E-state index is 0.170. The van der Waals surface area contributed by atoms with Crippen LogP contribution in [-0.4, -0.2) is 32.0 Å². The molecule has 0 aliphatic carbocycles. The molecule has 4 heteroatoms. The zero-order valence-electron chi connectivity index (χ0n) is 12.1. The van der Waals surface area contributed by atoms with Crippen LogP contribution in [0.2, 0.25) is 0 Å². The summed E-state index contributed by atoms with van der Waals surface area (Å²) in [5, 5.41) is 12.8. The minimum Gasteiger partial charge on any atom is -0.504 e. The number of phenolic OH excluding ortho intramolecular Hbond substituents is 1. The Labute approximate surface area is 115 Å². The van der Waals surface area contributed by atoms with Gasteiger partial charge < -0.3 is 19.9 Å². The molecule has 4 nitrogen and oxygen atoms in total. The number of benzene rings is 1. The first-order valence-electron chi connectivity index (χ1n) is 6.77. The van der Waals surface area contributed by atoms with Gasteiger partial charge in [-0.25, -0.2) is 0 Å². The average molecular weight is 267 g/mol. The number of hydrogen-bond donors (Lipinski definition) is 2. The molecular weight excluding hydrogens is 242 g/mol. The number of ether oxygens (including phenoxy) is 2. The van der Waals surface area contributed by atoms with Gasteiger partial charge >= 0.3 is 0 Å². The summed E-state index contributed by atoms with van der Waals surface area (Å²) in [6, 6.07) is 5.36. The Hall–Kier alpha value is -1.26. The summed E-state index contributed by atoms with van der Waals surface area (Å²) >= 11 is 0. The fraction of sp³-hybridized carbons (Fsp3) is 0.600. The van der Waals surface area contributed by atoms with Gasteiger partial charge in [-0.1, -0.05) is 19.9 Å². The van der Waals surface area contributed by atoms with E-state index in [1.807, 2.05) is 12.1 Å². The molecule has 0 heterocycles. The molecule has 0 aliphatic heterocycles. The van der Waals surface area contributed by atoms with Gasteiger partial charge in [-0.2, -0.15) is 0 Å². The lowest BCUT2D eigenvalue weighted by atomic mass is 10.1. The zero-order chi connectivity index (χ0) is 14.1. The molecule has 0 spiro atoms. The Bertz CT molecular complexity index is 366. The minimum absolute atomic E-state index is 0.170. The molecule has 0 amide bonds. The van der Waals surface area contributed by atoms with Crippen molar-refractivity contribution in [3.05, 3.63) is 23.8 Å². The van der Waals surface area contributed by atoms with E-state index in [-0.39, 0.29) is 5.75 Å². The third-order valence-electron chi connectivity index (χ3n) is 2.84. The number of methoxy groups -OCH3 is 1. The van der Waals surface area contributed by atoms with Gasteiger partial charge in [0, 0.05) is 19.7 Å². The lowest BCUT2D eigenvalue weighted by molar-refractivity contribution is 0.125. The topological polar surface area (TPSA) is 50.7 Å². The van der Waals surface area contributed by atoms with E-state index in [4.69, 9.17) is 9.47 Å². The first kappa shape index (κ1) is 15.8. The fourth-order valence-electron chi connectivity index (χ4n) is 1.63. The van der Waals surface area contributed by atoms with E-state index in [1.165, 1.54) is 0 Å². The largest absolute Gasteiger partial charge is 0.504 e. The number of nitrogens with one attached hydrogen (secondary N) is 1. The highest BCUT2D eigenvalue weighted by Gasteiger charge is 2.02. The maximum absolute atomic E-state index is 9.48. The van der Waals surface area contributed by atoms with E-state index < -0.39 is 0 Å². The zero-order valence-corrected chi connectivity index (χ0v) is 12.1. The predicted molar refractivity (Wildman–Crippen MR) is 76.6 cm³/mol. The molecule has 0 radical (unpaired) electrons. The van der Waals surface area contributed by atoms with Crippen LogP contribution in [0.5, 0.6) is 11.5 Å². The molecule has 0 aliphatic rings. The summed E-state index contributed by atoms with van der Waals surface area (Å²) in [6.45, 7) is 7.50. The molecule has 0 atom stereocenters. The number of rotatable bonds is 9. The van der Waals surface area contributed by atoms with Gasteiger partial charge in [-0.15, -0.1) is 0 Å². The standard InChI is InChI=1S/C15H25NO3/c1-12(2)6-8-19-9-7-16-11-13-4-5-14(17)15(10-13)18-3/h4-5,10,12,16-17H,6-9,11H2,1-3H3. The van der Waals surface area contributed by atoms with Gasteiger partial charge in [0.05, 0.1) is 13.7 Å². The SMILES string of the molecule is COc1cc(CNCCOCCC(C)C)ccc1O. The molecule has 1 aromatic carbocycles. The lowest BCUT2D eigenvalue weighted by Crippen LogP contribution is -2.19. The summed E-state index contributed by atoms with van der Waals surface area (Å²) in [4.78, 5) is 0. The van der Waals surface area contributed by atoms with Crippen molar-refractivity contribution in [1.82, 2.24) is 5.32 Å². The third kappa shape index (κ3) is 6.45. The summed E-state index contributed by atoms with van der Waals surface area (Å²) in [6.07, 6.45) is 1.11. The summed E-state index contributed by atoms with van der Waals surface area (Å²) in [7, 11) is 1.55. The normalized spacial score (nSPS) is 10.9. The van der Waals surface area contributed by atoms with Crippen LogP contribution >= 0.6 is 0 Å². The van der Waals surface area contributed by atoms with Crippen LogP contribution in [0, 0.1) is 5.92 Å². The molecule has 0 saturated heterocycles. The van der Waals surface area contributed by atoms with Crippen molar-refractivity contribution in [2.24, 2.45) is 5.92 Å². The number of hydrogen-bond acceptors (Lipinski definition) is 4. The van der Waals surface area contributed by atoms with Gasteiger partial charge in [-0.05, 0) is 30.0 Å². The van der Waals surface area contributed by atoms with Crippen molar-refractivity contribution in [2.45, 2.75) is 26.8 Å². The molecule has 19 heavy (non-hydrogen) atoms. The highest BCUT2D eigenvalue weighted by Crippen LogP contribution is 2.25. The molecule has 1 aromatic rings. The van der Waals surface area contributed by atoms with Gasteiger partial charge in [0.1, 0.15) is 0 Å². The second-order valence-electron chi connectivity index (χ2n) is 4.98. The van der Waals surface area contributed by atoms with E-state index >= 15 is 0 Å². The maximum atomic E-state index is 9.48. The molecule has 0 fully saturated rings. The third-order valence-corrected chi connectivity index (χ3v) is 2.84. The highest BCUT2D eigenvalue weighted by molar-refractivity contribution is 5.41. The monoisotopic (exact) mass is 267 g/mol. The van der Waals surface area contributed by atoms with E-state index in [9.17, 15) is 5.11 Å². The van der Waals surface area contributed by atoms with Crippen LogP contribution in [0.3, 0.4) is 0 Å². The predicted octanol–water partition coefficient (Wildman–Crippen LogP) is 2.55. The van der Waals surface area contributed by atoms with Gasteiger partial charge in [0.2, 0.25) is 0 Å². The van der Waals surface area contributed by atoms with E-state index in [0.29, 0.717) is 11.7 Å². The fourth-order valence-corrected chi connectivity index (χ4v) is 1.63. The molecule has 0 unspecified atom stereocenters. The van der Waals surface area contributed by atoms with Crippen LogP contribution in [0.25, 0.3) is 0 Å². The first-order valence-corrected chi connectivity index (χ1v) is 6.77. The molecular formula is C15H25NO3. The van der Waals surface area contributed by atoms with Crippen LogP contribution in [0.15, 0.2) is 18.2 Å². The van der Waals surface area contributed by atoms with Crippen LogP contribution in [0.4, 0.5) is 0 Å². The van der Waals surface area contributed by atoms with Crippen molar-refractivity contribution in [3.63, 3.8) is 0 Å². The Balaban J connectivity index is 2.15. The van der Waals surface area contributed by atoms with E-state index in [0.717, 1.165) is 38.3 Å². The Morgan fingerprint density at radius 3 is 2.74 bits per heavy atom. The number of aromatic hydroxyl groups is 1. The van der Waals surface area contributed by atoms with Gasteiger partial charge in [-0.3, -0.25) is 0 Å². The van der Waals surface area contributed by atoms with Gasteiger partial charge in [0.15, 0.2) is 11.5 Å². The van der Waals surface area contributed by atoms with Crippen molar-refractivity contribution in [1.29, 1.82) is 0 Å². The van der Waals surface area contributed by atoms with Crippen molar-refractivity contribution >= 4 is 0 Å². The molecule has 1 rings (SSSR count). The van der Waals surface area contributed by atoms with Crippen molar-refractivity contribution in [2.75, 3.05) is 26.9 Å². The summed E-state index contributed by atoms with van der Waals surface area (Å²) < 4.78 is 10.6. The Morgan fingerprint density at radius 1 is 1.26 bits per heavy atom. The van der Waals surface area contributed by atoms with Crippen LogP contribution in [-0.2, 0) is 11.3 Å². The second-order valence-corrected chi connectivity index (χ2v) is 4.98. The molecule has 0 aromatic heterocycles. The van der Waals surface area contributed by atoms with E-state index in [2.05, 4.69) is 19.2 Å². The molecule has 0 bridgehead atoms. The lowest BCUT2D eigenvalue weighted by Gasteiger charge is -2.09. The summed E-state index contributed by atoms with van der Waals surface area (Å²) in [5.41, 5.74) is 1.08. The summed E-state index contributed by atoms with van der Waals surface area (Å²) in [5.74, 6) is 1.37. The Morgan fingerprint density at radius 2 is 2.05 bits per heavy atom. The molecule has 2 N–H and O–H groups in total. The van der Waals surface area contributed by atoms with Crippen LogP contribution < -0.4 is 10.1 Å². The molecule has 108 valence electrons. The van der Waals surface area contributed by atoms with E-state index in [1.54, 1.807) is 13.2 Å². The highest BCUT2D eigenvalue weighted by atomic mass is 16.5. The Kier molecular flexibility index (Phi) is 7.30. The number of phenols is 1. The molecule has 0 saturated carbocycles. The van der Waals surface area contributed by atoms with Crippen LogP contribution in [0.1, 0.15) is 25.8 Å². The maximum Gasteiger partial charge on any atom is 0.160 e. The first-order chi connectivity index (χ1) is 9.13. The van der Waals surface area contributed by atoms with Crippen molar-refractivity contribution < 1.29 is 14.6 Å². The smallest absolute Gasteiger partial charge is 0.160 e. The van der Waals surface area contributed by atoms with Gasteiger partial charge in [0.25, 0.3) is 0 Å². The average Bonchev–Trinajstić information content (AvgIpc) is 2.39. The quantitative estimate of drug-likeness (QED) is 0.675. The van der Waals surface area contributed by atoms with Crippen molar-refractivity contribution in [3.8, 4) is 11.5 Å². The second kappa shape index (κ2) is 8.77.